The Morgan fingerprint density at radius 2 is 1.62 bits per heavy atom. The molecule has 1 saturated carbocycles. The van der Waals surface area contributed by atoms with Gasteiger partial charge in [-0.1, -0.05) is 62.3 Å². The van der Waals surface area contributed by atoms with E-state index in [-0.39, 0.29) is 0 Å². The van der Waals surface area contributed by atoms with Gasteiger partial charge in [0.1, 0.15) is 0 Å². The highest BCUT2D eigenvalue weighted by molar-refractivity contribution is 5.60. The van der Waals surface area contributed by atoms with E-state index in [0.29, 0.717) is 29.7 Å². The molecule has 29 heavy (non-hydrogen) atoms. The Kier molecular flexibility index (Phi) is 5.81. The van der Waals surface area contributed by atoms with Gasteiger partial charge >= 0.3 is 0 Å². The van der Waals surface area contributed by atoms with Gasteiger partial charge in [0.05, 0.1) is 0 Å². The Bertz CT molecular complexity index is 921. The third kappa shape index (κ3) is 4.76. The van der Waals surface area contributed by atoms with Crippen molar-refractivity contribution < 1.29 is 4.52 Å². The fourth-order valence-electron chi connectivity index (χ4n) is 4.12. The molecule has 1 aliphatic carbocycles. The minimum atomic E-state index is 0.353. The summed E-state index contributed by atoms with van der Waals surface area (Å²) in [4.78, 5) is 4.60. The predicted molar refractivity (Wildman–Crippen MR) is 117 cm³/mol. The number of nitrogens with zero attached hydrogens (tertiary/aromatic N) is 2. The first kappa shape index (κ1) is 19.8. The van der Waals surface area contributed by atoms with Crippen molar-refractivity contribution >= 4 is 0 Å². The van der Waals surface area contributed by atoms with Crippen LogP contribution in [0.2, 0.25) is 0 Å². The van der Waals surface area contributed by atoms with Gasteiger partial charge in [-0.25, -0.2) is 0 Å². The summed E-state index contributed by atoms with van der Waals surface area (Å²) in [6, 6.07) is 17.9. The molecule has 0 saturated heterocycles. The minimum absolute atomic E-state index is 0.353. The van der Waals surface area contributed by atoms with E-state index < -0.39 is 0 Å². The topological polar surface area (TPSA) is 51.0 Å². The van der Waals surface area contributed by atoms with E-state index in [1.165, 1.54) is 24.0 Å². The number of benzene rings is 2. The fraction of sp³-hybridized carbons (Fsp3) is 0.440. The Morgan fingerprint density at radius 3 is 2.24 bits per heavy atom. The molecule has 0 amide bonds. The molecule has 4 heteroatoms. The van der Waals surface area contributed by atoms with E-state index in [1.54, 1.807) is 0 Å². The summed E-state index contributed by atoms with van der Waals surface area (Å²) in [6.07, 6.45) is 3.65. The van der Waals surface area contributed by atoms with Crippen LogP contribution < -0.4 is 5.32 Å². The van der Waals surface area contributed by atoms with Gasteiger partial charge in [-0.3, -0.25) is 0 Å². The van der Waals surface area contributed by atoms with Crippen LogP contribution in [0.1, 0.15) is 57.7 Å². The smallest absolute Gasteiger partial charge is 0.258 e. The lowest BCUT2D eigenvalue weighted by Gasteiger charge is -2.35. The highest BCUT2D eigenvalue weighted by atomic mass is 16.5. The van der Waals surface area contributed by atoms with E-state index in [2.05, 4.69) is 91.7 Å². The Labute approximate surface area is 173 Å². The van der Waals surface area contributed by atoms with E-state index in [0.717, 1.165) is 23.5 Å². The third-order valence-electron chi connectivity index (χ3n) is 5.80. The number of hydrogen-bond donors (Lipinski definition) is 1. The molecule has 2 aromatic carbocycles. The monoisotopic (exact) mass is 389 g/mol. The zero-order valence-electron chi connectivity index (χ0n) is 17.9. The quantitative estimate of drug-likeness (QED) is 0.534. The molecular formula is C25H31N3O. The van der Waals surface area contributed by atoms with Crippen LogP contribution in [0, 0.1) is 11.8 Å². The first-order valence-corrected chi connectivity index (χ1v) is 10.8. The van der Waals surface area contributed by atoms with Gasteiger partial charge in [0, 0.05) is 23.2 Å². The van der Waals surface area contributed by atoms with Crippen LogP contribution in [-0.2, 0) is 6.42 Å². The fourth-order valence-corrected chi connectivity index (χ4v) is 4.12. The molecular weight excluding hydrogens is 358 g/mol. The molecule has 4 rings (SSSR count). The summed E-state index contributed by atoms with van der Waals surface area (Å²) in [5.74, 6) is 2.70. The summed E-state index contributed by atoms with van der Waals surface area (Å²) in [6.45, 7) is 9.01. The Hall–Kier alpha value is -2.46. The first-order chi connectivity index (χ1) is 14.0. The Balaban J connectivity index is 1.42. The van der Waals surface area contributed by atoms with Crippen molar-refractivity contribution in [2.24, 2.45) is 11.8 Å². The van der Waals surface area contributed by atoms with Gasteiger partial charge in [0.15, 0.2) is 0 Å². The number of aromatic nitrogens is 2. The predicted octanol–water partition coefficient (Wildman–Crippen LogP) is 6.05. The SMILES string of the molecule is CC(C)Cc1ccc(-c2nc(-c3ccc([C@@H](C)NC4CC(C)C4)cc3)no2)cc1. The average molecular weight is 390 g/mol. The summed E-state index contributed by atoms with van der Waals surface area (Å²) in [7, 11) is 0. The molecule has 0 bridgehead atoms. The van der Waals surface area contributed by atoms with Crippen LogP contribution in [0.25, 0.3) is 22.8 Å². The van der Waals surface area contributed by atoms with E-state index in [4.69, 9.17) is 4.52 Å². The summed E-state index contributed by atoms with van der Waals surface area (Å²) < 4.78 is 5.52. The summed E-state index contributed by atoms with van der Waals surface area (Å²) >= 11 is 0. The largest absolute Gasteiger partial charge is 0.334 e. The van der Waals surface area contributed by atoms with Crippen molar-refractivity contribution in [1.29, 1.82) is 0 Å². The van der Waals surface area contributed by atoms with Crippen LogP contribution in [0.4, 0.5) is 0 Å². The average Bonchev–Trinajstić information content (AvgIpc) is 3.17. The number of rotatable bonds is 7. The molecule has 0 aliphatic heterocycles. The molecule has 0 spiro atoms. The summed E-state index contributed by atoms with van der Waals surface area (Å²) in [5.41, 5.74) is 4.56. The minimum Gasteiger partial charge on any atom is -0.334 e. The highest BCUT2D eigenvalue weighted by Gasteiger charge is 2.26. The molecule has 1 N–H and O–H groups in total. The van der Waals surface area contributed by atoms with E-state index in [1.807, 2.05) is 0 Å². The molecule has 3 aromatic rings. The van der Waals surface area contributed by atoms with Crippen LogP contribution >= 0.6 is 0 Å². The second-order valence-corrected chi connectivity index (χ2v) is 9.00. The van der Waals surface area contributed by atoms with Crippen molar-refractivity contribution in [2.45, 2.75) is 59.0 Å². The number of nitrogens with one attached hydrogen (secondary N) is 1. The van der Waals surface area contributed by atoms with Crippen molar-refractivity contribution in [2.75, 3.05) is 0 Å². The zero-order valence-corrected chi connectivity index (χ0v) is 17.9. The molecule has 1 aliphatic rings. The van der Waals surface area contributed by atoms with Crippen LogP contribution in [-0.4, -0.2) is 16.2 Å². The van der Waals surface area contributed by atoms with Crippen molar-refractivity contribution in [3.8, 4) is 22.8 Å². The van der Waals surface area contributed by atoms with Gasteiger partial charge < -0.3 is 9.84 Å². The van der Waals surface area contributed by atoms with Gasteiger partial charge in [0.2, 0.25) is 5.82 Å². The van der Waals surface area contributed by atoms with Crippen molar-refractivity contribution in [3.63, 3.8) is 0 Å². The standard InChI is InChI=1S/C25H31N3O/c1-16(2)13-19-5-7-22(8-6-19)25-27-24(28-29-25)21-11-9-20(10-12-21)18(4)26-23-14-17(3)15-23/h5-12,16-18,23,26H,13-15H2,1-4H3/t17?,18-,23?/m1/s1. The van der Waals surface area contributed by atoms with Gasteiger partial charge in [-0.15, -0.1) is 0 Å². The second kappa shape index (κ2) is 8.50. The second-order valence-electron chi connectivity index (χ2n) is 9.00. The lowest BCUT2D eigenvalue weighted by atomic mass is 9.81. The van der Waals surface area contributed by atoms with Crippen molar-refractivity contribution in [3.05, 3.63) is 59.7 Å². The van der Waals surface area contributed by atoms with Gasteiger partial charge in [-0.2, -0.15) is 4.98 Å². The van der Waals surface area contributed by atoms with Gasteiger partial charge in [0.25, 0.3) is 5.89 Å². The maximum Gasteiger partial charge on any atom is 0.258 e. The number of hydrogen-bond acceptors (Lipinski definition) is 4. The lowest BCUT2D eigenvalue weighted by molar-refractivity contribution is 0.226. The Morgan fingerprint density at radius 1 is 0.966 bits per heavy atom. The highest BCUT2D eigenvalue weighted by Crippen LogP contribution is 2.29. The molecule has 0 radical (unpaired) electrons. The zero-order chi connectivity index (χ0) is 20.4. The maximum atomic E-state index is 5.52. The van der Waals surface area contributed by atoms with Crippen molar-refractivity contribution in [1.82, 2.24) is 15.5 Å². The maximum absolute atomic E-state index is 5.52. The molecule has 152 valence electrons. The lowest BCUT2D eigenvalue weighted by Crippen LogP contribution is -2.41. The first-order valence-electron chi connectivity index (χ1n) is 10.8. The molecule has 1 atom stereocenters. The van der Waals surface area contributed by atoms with E-state index in [9.17, 15) is 0 Å². The third-order valence-corrected chi connectivity index (χ3v) is 5.80. The molecule has 1 heterocycles. The molecule has 1 aromatic heterocycles. The molecule has 1 fully saturated rings. The van der Waals surface area contributed by atoms with Crippen LogP contribution in [0.3, 0.4) is 0 Å². The normalized spacial score (nSPS) is 19.9. The summed E-state index contributed by atoms with van der Waals surface area (Å²) in [5, 5.41) is 7.90. The molecule has 4 nitrogen and oxygen atoms in total. The van der Waals surface area contributed by atoms with Gasteiger partial charge in [-0.05, 0) is 61.3 Å². The van der Waals surface area contributed by atoms with Crippen LogP contribution in [0.15, 0.2) is 53.1 Å². The molecule has 0 unspecified atom stereocenters. The van der Waals surface area contributed by atoms with E-state index >= 15 is 0 Å². The van der Waals surface area contributed by atoms with Crippen LogP contribution in [0.5, 0.6) is 0 Å².